The van der Waals surface area contributed by atoms with Gasteiger partial charge in [-0.2, -0.15) is 0 Å². The highest BCUT2D eigenvalue weighted by Gasteiger charge is 2.17. The molecule has 0 aliphatic heterocycles. The van der Waals surface area contributed by atoms with Crippen LogP contribution in [-0.2, 0) is 6.42 Å². The summed E-state index contributed by atoms with van der Waals surface area (Å²) in [4.78, 5) is 0. The Morgan fingerprint density at radius 1 is 1.36 bits per heavy atom. The van der Waals surface area contributed by atoms with Crippen LogP contribution < -0.4 is 5.73 Å². The number of hydrogen-bond acceptors (Lipinski definition) is 2. The Kier molecular flexibility index (Phi) is 5.05. The van der Waals surface area contributed by atoms with E-state index in [1.165, 1.54) is 12.1 Å². The maximum absolute atomic E-state index is 12.5. The molecule has 1 aromatic rings. The minimum absolute atomic E-state index is 0. The predicted octanol–water partition coefficient (Wildman–Crippen LogP) is 1.50. The Bertz CT molecular complexity index is 274. The SMILES string of the molecule is CC(N)(CO)Cc1ccc(F)cc1.Cl. The minimum atomic E-state index is -0.627. The molecular formula is C10H15ClFNO. The first-order valence-corrected chi connectivity index (χ1v) is 4.18. The molecule has 1 atom stereocenters. The van der Waals surface area contributed by atoms with Crippen LogP contribution in [0.5, 0.6) is 0 Å². The van der Waals surface area contributed by atoms with Crippen molar-refractivity contribution < 1.29 is 9.50 Å². The second kappa shape index (κ2) is 5.29. The maximum Gasteiger partial charge on any atom is 0.123 e. The molecule has 0 amide bonds. The van der Waals surface area contributed by atoms with Crippen LogP contribution in [0.4, 0.5) is 4.39 Å². The lowest BCUT2D eigenvalue weighted by Crippen LogP contribution is -2.42. The molecule has 0 radical (unpaired) electrons. The van der Waals surface area contributed by atoms with E-state index in [0.717, 1.165) is 5.56 Å². The third-order valence-corrected chi connectivity index (χ3v) is 1.88. The van der Waals surface area contributed by atoms with E-state index in [4.69, 9.17) is 10.8 Å². The average molecular weight is 220 g/mol. The molecule has 0 aromatic heterocycles. The van der Waals surface area contributed by atoms with E-state index < -0.39 is 5.54 Å². The molecule has 2 nitrogen and oxygen atoms in total. The van der Waals surface area contributed by atoms with E-state index in [2.05, 4.69) is 0 Å². The van der Waals surface area contributed by atoms with Crippen molar-refractivity contribution in [1.82, 2.24) is 0 Å². The fourth-order valence-electron chi connectivity index (χ4n) is 1.12. The molecule has 0 fully saturated rings. The Balaban J connectivity index is 0.00000169. The third kappa shape index (κ3) is 4.05. The molecule has 4 heteroatoms. The molecule has 14 heavy (non-hydrogen) atoms. The van der Waals surface area contributed by atoms with Crippen molar-refractivity contribution in [2.45, 2.75) is 18.9 Å². The van der Waals surface area contributed by atoms with Crippen LogP contribution in [0.25, 0.3) is 0 Å². The summed E-state index contributed by atoms with van der Waals surface area (Å²) in [7, 11) is 0. The number of halogens is 2. The summed E-state index contributed by atoms with van der Waals surface area (Å²) in [6, 6.07) is 6.14. The predicted molar refractivity (Wildman–Crippen MR) is 57.0 cm³/mol. The largest absolute Gasteiger partial charge is 0.394 e. The van der Waals surface area contributed by atoms with Crippen molar-refractivity contribution in [3.05, 3.63) is 35.6 Å². The second-order valence-electron chi connectivity index (χ2n) is 3.62. The Morgan fingerprint density at radius 3 is 2.29 bits per heavy atom. The summed E-state index contributed by atoms with van der Waals surface area (Å²) in [5.74, 6) is -0.258. The molecule has 1 aromatic carbocycles. The number of aliphatic hydroxyl groups excluding tert-OH is 1. The molecule has 0 bridgehead atoms. The van der Waals surface area contributed by atoms with Crippen molar-refractivity contribution in [3.8, 4) is 0 Å². The zero-order chi connectivity index (χ0) is 9.90. The van der Waals surface area contributed by atoms with Gasteiger partial charge in [-0.05, 0) is 31.0 Å². The van der Waals surface area contributed by atoms with Crippen molar-refractivity contribution >= 4 is 12.4 Å². The summed E-state index contributed by atoms with van der Waals surface area (Å²) in [6.07, 6.45) is 0.545. The minimum Gasteiger partial charge on any atom is -0.394 e. The first-order valence-electron chi connectivity index (χ1n) is 4.18. The van der Waals surface area contributed by atoms with E-state index in [-0.39, 0.29) is 24.8 Å². The van der Waals surface area contributed by atoms with Crippen LogP contribution in [0.1, 0.15) is 12.5 Å². The molecular weight excluding hydrogens is 205 g/mol. The third-order valence-electron chi connectivity index (χ3n) is 1.88. The quantitative estimate of drug-likeness (QED) is 0.810. The van der Waals surface area contributed by atoms with Gasteiger partial charge < -0.3 is 10.8 Å². The highest BCUT2D eigenvalue weighted by atomic mass is 35.5. The topological polar surface area (TPSA) is 46.2 Å². The second-order valence-corrected chi connectivity index (χ2v) is 3.62. The molecule has 0 saturated carbocycles. The number of benzene rings is 1. The van der Waals surface area contributed by atoms with E-state index in [1.807, 2.05) is 0 Å². The van der Waals surface area contributed by atoms with Gasteiger partial charge in [0.1, 0.15) is 5.82 Å². The molecule has 0 aliphatic rings. The van der Waals surface area contributed by atoms with Crippen LogP contribution in [0.2, 0.25) is 0 Å². The van der Waals surface area contributed by atoms with Gasteiger partial charge in [-0.25, -0.2) is 4.39 Å². The van der Waals surface area contributed by atoms with Crippen LogP contribution in [0.15, 0.2) is 24.3 Å². The van der Waals surface area contributed by atoms with Crippen LogP contribution in [0.3, 0.4) is 0 Å². The van der Waals surface area contributed by atoms with Crippen LogP contribution >= 0.6 is 12.4 Å². The molecule has 1 unspecified atom stereocenters. The fourth-order valence-corrected chi connectivity index (χ4v) is 1.12. The smallest absolute Gasteiger partial charge is 0.123 e. The zero-order valence-corrected chi connectivity index (χ0v) is 8.85. The first-order chi connectivity index (χ1) is 6.03. The lowest BCUT2D eigenvalue weighted by atomic mass is 9.95. The van der Waals surface area contributed by atoms with Crippen molar-refractivity contribution in [2.75, 3.05) is 6.61 Å². The van der Waals surface area contributed by atoms with Gasteiger partial charge >= 0.3 is 0 Å². The fraction of sp³-hybridized carbons (Fsp3) is 0.400. The first kappa shape index (κ1) is 13.4. The normalized spacial score (nSPS) is 14.3. The lowest BCUT2D eigenvalue weighted by molar-refractivity contribution is 0.208. The summed E-state index contributed by atoms with van der Waals surface area (Å²) in [5.41, 5.74) is 6.05. The van der Waals surface area contributed by atoms with Gasteiger partial charge in [0.05, 0.1) is 6.61 Å². The van der Waals surface area contributed by atoms with E-state index in [9.17, 15) is 4.39 Å². The Labute approximate surface area is 89.3 Å². The molecule has 0 spiro atoms. The van der Waals surface area contributed by atoms with Crippen molar-refractivity contribution in [2.24, 2.45) is 5.73 Å². The molecule has 0 saturated heterocycles. The zero-order valence-electron chi connectivity index (χ0n) is 8.03. The summed E-state index contributed by atoms with van der Waals surface area (Å²) in [5, 5.41) is 8.91. The standard InChI is InChI=1S/C10H14FNO.ClH/c1-10(12,7-13)6-8-2-4-9(11)5-3-8;/h2-5,13H,6-7,12H2,1H3;1H. The van der Waals surface area contributed by atoms with E-state index >= 15 is 0 Å². The Morgan fingerprint density at radius 2 is 1.86 bits per heavy atom. The maximum atomic E-state index is 12.5. The summed E-state index contributed by atoms with van der Waals surface area (Å²) >= 11 is 0. The number of hydrogen-bond donors (Lipinski definition) is 2. The van der Waals surface area contributed by atoms with E-state index in [0.29, 0.717) is 6.42 Å². The Hall–Kier alpha value is -0.640. The highest BCUT2D eigenvalue weighted by Crippen LogP contribution is 2.10. The van der Waals surface area contributed by atoms with E-state index in [1.54, 1.807) is 19.1 Å². The van der Waals surface area contributed by atoms with Crippen molar-refractivity contribution in [3.63, 3.8) is 0 Å². The van der Waals surface area contributed by atoms with Gasteiger partial charge in [-0.3, -0.25) is 0 Å². The molecule has 0 aliphatic carbocycles. The molecule has 80 valence electrons. The highest BCUT2D eigenvalue weighted by molar-refractivity contribution is 5.85. The number of rotatable bonds is 3. The van der Waals surface area contributed by atoms with Crippen molar-refractivity contribution in [1.29, 1.82) is 0 Å². The number of nitrogens with two attached hydrogens (primary N) is 1. The summed E-state index contributed by atoms with van der Waals surface area (Å²) < 4.78 is 12.5. The lowest BCUT2D eigenvalue weighted by Gasteiger charge is -2.21. The van der Waals surface area contributed by atoms with Gasteiger partial charge in [0.2, 0.25) is 0 Å². The average Bonchev–Trinajstić information content (AvgIpc) is 2.09. The molecule has 1 rings (SSSR count). The number of aliphatic hydroxyl groups is 1. The molecule has 0 heterocycles. The monoisotopic (exact) mass is 219 g/mol. The van der Waals surface area contributed by atoms with Gasteiger partial charge in [-0.1, -0.05) is 12.1 Å². The van der Waals surface area contributed by atoms with Gasteiger partial charge in [-0.15, -0.1) is 12.4 Å². The summed E-state index contributed by atoms with van der Waals surface area (Å²) in [6.45, 7) is 1.68. The molecule has 3 N–H and O–H groups in total. The van der Waals surface area contributed by atoms with Gasteiger partial charge in [0.15, 0.2) is 0 Å². The van der Waals surface area contributed by atoms with Gasteiger partial charge in [0, 0.05) is 5.54 Å². The van der Waals surface area contributed by atoms with Crippen LogP contribution in [0, 0.1) is 5.82 Å². The van der Waals surface area contributed by atoms with Crippen LogP contribution in [-0.4, -0.2) is 17.3 Å². The van der Waals surface area contributed by atoms with Gasteiger partial charge in [0.25, 0.3) is 0 Å².